The monoisotopic (exact) mass is 356 g/mol. The lowest BCUT2D eigenvalue weighted by Gasteiger charge is -2.19. The molecule has 138 valence electrons. The minimum atomic E-state index is -4.35. The fraction of sp³-hybridized carbons (Fsp3) is 0.529. The molecule has 1 aliphatic rings. The van der Waals surface area contributed by atoms with Crippen molar-refractivity contribution in [2.75, 3.05) is 20.1 Å². The van der Waals surface area contributed by atoms with Gasteiger partial charge in [0, 0.05) is 39.1 Å². The van der Waals surface area contributed by atoms with Gasteiger partial charge in [0.15, 0.2) is 5.96 Å². The SMILES string of the molecule is CCC(=O)N1CCC(NC(=NC)NCc2cccc(C(F)(F)F)c2)C1. The molecule has 1 fully saturated rings. The van der Waals surface area contributed by atoms with Crippen molar-refractivity contribution in [3.63, 3.8) is 0 Å². The van der Waals surface area contributed by atoms with Crippen LogP contribution in [0.2, 0.25) is 0 Å². The Balaban J connectivity index is 1.88. The highest BCUT2D eigenvalue weighted by Crippen LogP contribution is 2.29. The molecule has 1 amide bonds. The summed E-state index contributed by atoms with van der Waals surface area (Å²) in [6.45, 7) is 3.37. The largest absolute Gasteiger partial charge is 0.416 e. The van der Waals surface area contributed by atoms with E-state index in [4.69, 9.17) is 0 Å². The van der Waals surface area contributed by atoms with Crippen LogP contribution in [0.5, 0.6) is 0 Å². The summed E-state index contributed by atoms with van der Waals surface area (Å²) in [6.07, 6.45) is -3.06. The lowest BCUT2D eigenvalue weighted by atomic mass is 10.1. The summed E-state index contributed by atoms with van der Waals surface area (Å²) in [6, 6.07) is 5.28. The van der Waals surface area contributed by atoms with Gasteiger partial charge in [-0.1, -0.05) is 19.1 Å². The number of guanidine groups is 1. The zero-order valence-electron chi connectivity index (χ0n) is 14.4. The number of hydrogen-bond acceptors (Lipinski definition) is 2. The minimum absolute atomic E-state index is 0.0863. The van der Waals surface area contributed by atoms with Crippen molar-refractivity contribution in [3.8, 4) is 0 Å². The van der Waals surface area contributed by atoms with E-state index < -0.39 is 11.7 Å². The maximum atomic E-state index is 12.7. The van der Waals surface area contributed by atoms with E-state index >= 15 is 0 Å². The predicted molar refractivity (Wildman–Crippen MR) is 90.1 cm³/mol. The molecule has 1 atom stereocenters. The molecule has 1 heterocycles. The second kappa shape index (κ2) is 8.22. The Morgan fingerprint density at radius 3 is 2.80 bits per heavy atom. The molecule has 2 rings (SSSR count). The molecular weight excluding hydrogens is 333 g/mol. The number of nitrogens with one attached hydrogen (secondary N) is 2. The lowest BCUT2D eigenvalue weighted by Crippen LogP contribution is -2.44. The van der Waals surface area contributed by atoms with E-state index in [0.717, 1.165) is 18.6 Å². The third kappa shape index (κ3) is 5.37. The second-order valence-electron chi connectivity index (χ2n) is 5.95. The van der Waals surface area contributed by atoms with Crippen LogP contribution in [0.4, 0.5) is 13.2 Å². The van der Waals surface area contributed by atoms with Crippen molar-refractivity contribution in [3.05, 3.63) is 35.4 Å². The first-order chi connectivity index (χ1) is 11.8. The molecule has 1 unspecified atom stereocenters. The van der Waals surface area contributed by atoms with Crippen LogP contribution in [-0.4, -0.2) is 42.9 Å². The first kappa shape index (κ1) is 19.1. The number of halogens is 3. The summed E-state index contributed by atoms with van der Waals surface area (Å²) < 4.78 is 38.2. The number of carbonyl (C=O) groups excluding carboxylic acids is 1. The number of nitrogens with zero attached hydrogens (tertiary/aromatic N) is 2. The van der Waals surface area contributed by atoms with E-state index in [0.29, 0.717) is 31.0 Å². The van der Waals surface area contributed by atoms with Gasteiger partial charge in [-0.05, 0) is 24.1 Å². The van der Waals surface area contributed by atoms with E-state index in [1.54, 1.807) is 18.0 Å². The topological polar surface area (TPSA) is 56.7 Å². The molecule has 0 bridgehead atoms. The first-order valence-corrected chi connectivity index (χ1v) is 8.24. The highest BCUT2D eigenvalue weighted by molar-refractivity contribution is 5.80. The molecule has 5 nitrogen and oxygen atoms in total. The molecule has 1 saturated heterocycles. The van der Waals surface area contributed by atoms with Crippen molar-refractivity contribution in [1.82, 2.24) is 15.5 Å². The predicted octanol–water partition coefficient (Wildman–Crippen LogP) is 2.38. The van der Waals surface area contributed by atoms with Crippen LogP contribution >= 0.6 is 0 Å². The number of hydrogen-bond donors (Lipinski definition) is 2. The molecule has 1 aromatic rings. The minimum Gasteiger partial charge on any atom is -0.352 e. The first-order valence-electron chi connectivity index (χ1n) is 8.24. The number of alkyl halides is 3. The Morgan fingerprint density at radius 2 is 2.16 bits per heavy atom. The van der Waals surface area contributed by atoms with Gasteiger partial charge in [-0.3, -0.25) is 9.79 Å². The third-order valence-corrected chi connectivity index (χ3v) is 4.12. The number of carbonyl (C=O) groups is 1. The fourth-order valence-corrected chi connectivity index (χ4v) is 2.76. The van der Waals surface area contributed by atoms with Crippen LogP contribution in [0, 0.1) is 0 Å². The van der Waals surface area contributed by atoms with Crippen LogP contribution in [0.15, 0.2) is 29.3 Å². The standard InChI is InChI=1S/C17H23F3N4O/c1-3-15(25)24-8-7-14(11-24)23-16(21-2)22-10-12-5-4-6-13(9-12)17(18,19)20/h4-6,9,14H,3,7-8,10-11H2,1-2H3,(H2,21,22,23). The average molecular weight is 356 g/mol. The summed E-state index contributed by atoms with van der Waals surface area (Å²) >= 11 is 0. The Labute approximate surface area is 145 Å². The van der Waals surface area contributed by atoms with Gasteiger partial charge in [0.2, 0.25) is 5.91 Å². The van der Waals surface area contributed by atoms with Crippen LogP contribution in [-0.2, 0) is 17.5 Å². The number of benzene rings is 1. The molecule has 0 radical (unpaired) electrons. The molecular formula is C17H23F3N4O. The van der Waals surface area contributed by atoms with Gasteiger partial charge in [0.25, 0.3) is 0 Å². The van der Waals surface area contributed by atoms with Gasteiger partial charge in [-0.2, -0.15) is 13.2 Å². The van der Waals surface area contributed by atoms with Crippen molar-refractivity contribution in [2.45, 2.75) is 38.5 Å². The molecule has 0 spiro atoms. The van der Waals surface area contributed by atoms with Crippen LogP contribution in [0.25, 0.3) is 0 Å². The van der Waals surface area contributed by atoms with Gasteiger partial charge < -0.3 is 15.5 Å². The van der Waals surface area contributed by atoms with Gasteiger partial charge >= 0.3 is 6.18 Å². The Hall–Kier alpha value is -2.25. The molecule has 1 aromatic carbocycles. The van der Waals surface area contributed by atoms with Crippen molar-refractivity contribution < 1.29 is 18.0 Å². The summed E-state index contributed by atoms with van der Waals surface area (Å²) in [5.74, 6) is 0.629. The van der Waals surface area contributed by atoms with E-state index in [-0.39, 0.29) is 18.5 Å². The maximum Gasteiger partial charge on any atom is 0.416 e. The van der Waals surface area contributed by atoms with E-state index in [1.807, 2.05) is 6.92 Å². The van der Waals surface area contributed by atoms with E-state index in [2.05, 4.69) is 15.6 Å². The zero-order valence-corrected chi connectivity index (χ0v) is 14.4. The van der Waals surface area contributed by atoms with Crippen LogP contribution in [0.3, 0.4) is 0 Å². The fourth-order valence-electron chi connectivity index (χ4n) is 2.76. The summed E-state index contributed by atoms with van der Waals surface area (Å²) in [5.41, 5.74) is -0.147. The van der Waals surface area contributed by atoms with Gasteiger partial charge in [-0.25, -0.2) is 0 Å². The van der Waals surface area contributed by atoms with Gasteiger partial charge in [0.1, 0.15) is 0 Å². The molecule has 0 saturated carbocycles. The van der Waals surface area contributed by atoms with Crippen LogP contribution < -0.4 is 10.6 Å². The smallest absolute Gasteiger partial charge is 0.352 e. The summed E-state index contributed by atoms with van der Waals surface area (Å²) in [7, 11) is 1.60. The van der Waals surface area contributed by atoms with E-state index in [1.165, 1.54) is 6.07 Å². The number of likely N-dealkylation sites (tertiary alicyclic amines) is 1. The number of amides is 1. The van der Waals surface area contributed by atoms with Crippen molar-refractivity contribution in [1.29, 1.82) is 0 Å². The summed E-state index contributed by atoms with van der Waals surface area (Å²) in [4.78, 5) is 17.6. The normalized spacial score (nSPS) is 18.4. The van der Waals surface area contributed by atoms with E-state index in [9.17, 15) is 18.0 Å². The molecule has 2 N–H and O–H groups in total. The Morgan fingerprint density at radius 1 is 1.40 bits per heavy atom. The number of rotatable bonds is 4. The maximum absolute atomic E-state index is 12.7. The third-order valence-electron chi connectivity index (χ3n) is 4.12. The second-order valence-corrected chi connectivity index (χ2v) is 5.95. The highest BCUT2D eigenvalue weighted by Gasteiger charge is 2.30. The quantitative estimate of drug-likeness (QED) is 0.643. The average Bonchev–Trinajstić information content (AvgIpc) is 3.06. The lowest BCUT2D eigenvalue weighted by molar-refractivity contribution is -0.137. The molecule has 8 heteroatoms. The van der Waals surface area contributed by atoms with Crippen LogP contribution in [0.1, 0.15) is 30.9 Å². The summed E-state index contributed by atoms with van der Waals surface area (Å²) in [5, 5.41) is 6.23. The molecule has 1 aliphatic heterocycles. The molecule has 0 aromatic heterocycles. The highest BCUT2D eigenvalue weighted by atomic mass is 19.4. The number of aliphatic imine (C=N–C) groups is 1. The Bertz CT molecular complexity index is 631. The van der Waals surface area contributed by atoms with Gasteiger partial charge in [-0.15, -0.1) is 0 Å². The molecule has 25 heavy (non-hydrogen) atoms. The van der Waals surface area contributed by atoms with Gasteiger partial charge in [0.05, 0.1) is 5.56 Å². The Kier molecular flexibility index (Phi) is 6.27. The zero-order chi connectivity index (χ0) is 18.4. The molecule has 0 aliphatic carbocycles. The van der Waals surface area contributed by atoms with Crippen molar-refractivity contribution in [2.24, 2.45) is 4.99 Å². The van der Waals surface area contributed by atoms with Crippen molar-refractivity contribution >= 4 is 11.9 Å².